The molecule has 0 radical (unpaired) electrons. The summed E-state index contributed by atoms with van der Waals surface area (Å²) in [4.78, 5) is 17.6. The maximum Gasteiger partial charge on any atom is 0.251 e. The minimum atomic E-state index is -0.197. The van der Waals surface area contributed by atoms with E-state index in [0.29, 0.717) is 36.1 Å². The number of hydrogen-bond acceptors (Lipinski definition) is 5. The summed E-state index contributed by atoms with van der Waals surface area (Å²) in [6, 6.07) is 21.4. The standard InChI is InChI=1S/C30H35N3O4/c1-21(2)23-11-5-8-14-26(23)37-18-10-9-17-33-25-13-7-6-12-24(25)32-29(33)20-31-30(34)22-15-16-27(35-3)28(19-22)36-4/h5-8,11-16,19,21H,9-10,17-18,20H2,1-4H3,(H,31,34). The molecule has 7 heteroatoms. The van der Waals surface area contributed by atoms with Crippen molar-refractivity contribution in [3.63, 3.8) is 0 Å². The van der Waals surface area contributed by atoms with Crippen molar-refractivity contribution in [1.29, 1.82) is 0 Å². The molecule has 0 aliphatic carbocycles. The summed E-state index contributed by atoms with van der Waals surface area (Å²) in [6.45, 7) is 6.12. The number of unbranched alkanes of at least 4 members (excludes halogenated alkanes) is 1. The summed E-state index contributed by atoms with van der Waals surface area (Å²) in [5.41, 5.74) is 3.71. The van der Waals surface area contributed by atoms with Gasteiger partial charge in [0.25, 0.3) is 5.91 Å². The van der Waals surface area contributed by atoms with E-state index in [1.807, 2.05) is 30.3 Å². The first-order chi connectivity index (χ1) is 18.0. The Morgan fingerprint density at radius 2 is 1.68 bits per heavy atom. The molecule has 1 amide bonds. The van der Waals surface area contributed by atoms with Crippen LogP contribution in [-0.4, -0.2) is 36.3 Å². The number of ether oxygens (including phenoxy) is 3. The molecule has 1 N–H and O–H groups in total. The molecular formula is C30H35N3O4. The Balaban J connectivity index is 1.39. The van der Waals surface area contributed by atoms with Crippen LogP contribution in [0, 0.1) is 0 Å². The molecule has 0 aliphatic heterocycles. The number of aromatic nitrogens is 2. The Kier molecular flexibility index (Phi) is 8.67. The van der Waals surface area contributed by atoms with Crippen LogP contribution in [0.2, 0.25) is 0 Å². The second-order valence-electron chi connectivity index (χ2n) is 9.17. The summed E-state index contributed by atoms with van der Waals surface area (Å²) in [6.07, 6.45) is 1.84. The number of carbonyl (C=O) groups excluding carboxylic acids is 1. The molecule has 37 heavy (non-hydrogen) atoms. The number of amides is 1. The van der Waals surface area contributed by atoms with Crippen molar-refractivity contribution >= 4 is 16.9 Å². The van der Waals surface area contributed by atoms with Gasteiger partial charge in [-0.3, -0.25) is 4.79 Å². The molecule has 3 aromatic carbocycles. The van der Waals surface area contributed by atoms with E-state index in [2.05, 4.69) is 41.9 Å². The minimum absolute atomic E-state index is 0.197. The highest BCUT2D eigenvalue weighted by molar-refractivity contribution is 5.94. The third-order valence-corrected chi connectivity index (χ3v) is 6.36. The lowest BCUT2D eigenvalue weighted by Gasteiger charge is -2.14. The maximum atomic E-state index is 12.9. The third kappa shape index (κ3) is 6.23. The Morgan fingerprint density at radius 3 is 2.46 bits per heavy atom. The number of benzene rings is 3. The van der Waals surface area contributed by atoms with E-state index >= 15 is 0 Å². The summed E-state index contributed by atoms with van der Waals surface area (Å²) >= 11 is 0. The molecule has 0 bridgehead atoms. The summed E-state index contributed by atoms with van der Waals surface area (Å²) < 4.78 is 18.9. The first kappa shape index (κ1) is 26.1. The van der Waals surface area contributed by atoms with E-state index < -0.39 is 0 Å². The van der Waals surface area contributed by atoms with Crippen molar-refractivity contribution in [2.75, 3.05) is 20.8 Å². The fraction of sp³-hybridized carbons (Fsp3) is 0.333. The van der Waals surface area contributed by atoms with Crippen LogP contribution in [0.15, 0.2) is 66.7 Å². The Bertz CT molecular complexity index is 1350. The average molecular weight is 502 g/mol. The van der Waals surface area contributed by atoms with Crippen molar-refractivity contribution < 1.29 is 19.0 Å². The van der Waals surface area contributed by atoms with E-state index in [1.165, 1.54) is 5.56 Å². The van der Waals surface area contributed by atoms with Crippen molar-refractivity contribution in [2.45, 2.75) is 45.7 Å². The van der Waals surface area contributed by atoms with Gasteiger partial charge in [0.15, 0.2) is 11.5 Å². The van der Waals surface area contributed by atoms with Crippen LogP contribution in [0.25, 0.3) is 11.0 Å². The lowest BCUT2D eigenvalue weighted by molar-refractivity contribution is 0.0949. The van der Waals surface area contributed by atoms with E-state index in [9.17, 15) is 4.79 Å². The third-order valence-electron chi connectivity index (χ3n) is 6.36. The highest BCUT2D eigenvalue weighted by Crippen LogP contribution is 2.28. The smallest absolute Gasteiger partial charge is 0.251 e. The molecule has 0 spiro atoms. The molecule has 0 aliphatic rings. The number of para-hydroxylation sites is 3. The number of aryl methyl sites for hydroxylation is 1. The van der Waals surface area contributed by atoms with Gasteiger partial charge in [-0.15, -0.1) is 0 Å². The molecule has 0 saturated heterocycles. The number of methoxy groups -OCH3 is 2. The molecule has 4 aromatic rings. The highest BCUT2D eigenvalue weighted by atomic mass is 16.5. The number of imidazole rings is 1. The summed E-state index contributed by atoms with van der Waals surface area (Å²) in [5, 5.41) is 3.00. The number of fused-ring (bicyclic) bond motifs is 1. The molecule has 1 heterocycles. The van der Waals surface area contributed by atoms with Crippen LogP contribution in [-0.2, 0) is 13.1 Å². The van der Waals surface area contributed by atoms with Gasteiger partial charge in [0.2, 0.25) is 0 Å². The number of carbonyl (C=O) groups is 1. The van der Waals surface area contributed by atoms with Gasteiger partial charge in [-0.25, -0.2) is 4.98 Å². The van der Waals surface area contributed by atoms with E-state index in [0.717, 1.165) is 42.0 Å². The Hall–Kier alpha value is -4.00. The van der Waals surface area contributed by atoms with Gasteiger partial charge in [-0.2, -0.15) is 0 Å². The lowest BCUT2D eigenvalue weighted by Crippen LogP contribution is -2.25. The molecule has 0 unspecified atom stereocenters. The molecule has 0 fully saturated rings. The first-order valence-electron chi connectivity index (χ1n) is 12.7. The Morgan fingerprint density at radius 1 is 0.919 bits per heavy atom. The zero-order chi connectivity index (χ0) is 26.2. The Labute approximate surface area is 218 Å². The quantitative estimate of drug-likeness (QED) is 0.242. The second-order valence-corrected chi connectivity index (χ2v) is 9.17. The number of hydrogen-bond donors (Lipinski definition) is 1. The largest absolute Gasteiger partial charge is 0.493 e. The number of nitrogens with zero attached hydrogens (tertiary/aromatic N) is 2. The van der Waals surface area contributed by atoms with Crippen LogP contribution in [0.5, 0.6) is 17.2 Å². The number of nitrogens with one attached hydrogen (secondary N) is 1. The minimum Gasteiger partial charge on any atom is -0.493 e. The maximum absolute atomic E-state index is 12.9. The van der Waals surface area contributed by atoms with Gasteiger partial charge in [0.1, 0.15) is 11.6 Å². The molecule has 1 aromatic heterocycles. The van der Waals surface area contributed by atoms with Crippen molar-refractivity contribution in [3.8, 4) is 17.2 Å². The van der Waals surface area contributed by atoms with Gasteiger partial charge in [0, 0.05) is 12.1 Å². The molecule has 0 saturated carbocycles. The molecule has 4 rings (SSSR count). The molecule has 194 valence electrons. The van der Waals surface area contributed by atoms with E-state index in [1.54, 1.807) is 32.4 Å². The summed E-state index contributed by atoms with van der Waals surface area (Å²) in [7, 11) is 3.12. The first-order valence-corrected chi connectivity index (χ1v) is 12.7. The van der Waals surface area contributed by atoms with Crippen LogP contribution < -0.4 is 19.5 Å². The van der Waals surface area contributed by atoms with Crippen LogP contribution >= 0.6 is 0 Å². The topological polar surface area (TPSA) is 74.6 Å². The van der Waals surface area contributed by atoms with Crippen molar-refractivity contribution in [1.82, 2.24) is 14.9 Å². The molecule has 7 nitrogen and oxygen atoms in total. The zero-order valence-corrected chi connectivity index (χ0v) is 22.0. The van der Waals surface area contributed by atoms with E-state index in [-0.39, 0.29) is 5.91 Å². The van der Waals surface area contributed by atoms with Crippen molar-refractivity contribution in [3.05, 3.63) is 83.7 Å². The fourth-order valence-corrected chi connectivity index (χ4v) is 4.39. The van der Waals surface area contributed by atoms with Crippen LogP contribution in [0.4, 0.5) is 0 Å². The predicted octanol–water partition coefficient (Wildman–Crippen LogP) is 5.97. The predicted molar refractivity (Wildman–Crippen MR) is 146 cm³/mol. The molecule has 0 atom stereocenters. The number of rotatable bonds is 12. The summed E-state index contributed by atoms with van der Waals surface area (Å²) in [5.74, 6) is 3.10. The highest BCUT2D eigenvalue weighted by Gasteiger charge is 2.14. The van der Waals surface area contributed by atoms with Gasteiger partial charge >= 0.3 is 0 Å². The van der Waals surface area contributed by atoms with Crippen LogP contribution in [0.3, 0.4) is 0 Å². The fourth-order valence-electron chi connectivity index (χ4n) is 4.39. The zero-order valence-electron chi connectivity index (χ0n) is 22.0. The van der Waals surface area contributed by atoms with Gasteiger partial charge < -0.3 is 24.1 Å². The monoisotopic (exact) mass is 501 g/mol. The van der Waals surface area contributed by atoms with Gasteiger partial charge in [-0.05, 0) is 60.7 Å². The van der Waals surface area contributed by atoms with Gasteiger partial charge in [-0.1, -0.05) is 44.2 Å². The van der Waals surface area contributed by atoms with Crippen molar-refractivity contribution in [2.24, 2.45) is 0 Å². The van der Waals surface area contributed by atoms with Gasteiger partial charge in [0.05, 0.1) is 38.4 Å². The van der Waals surface area contributed by atoms with E-state index in [4.69, 9.17) is 19.2 Å². The SMILES string of the molecule is COc1ccc(C(=O)NCc2nc3ccccc3n2CCCCOc2ccccc2C(C)C)cc1OC. The molecular weight excluding hydrogens is 466 g/mol. The lowest BCUT2D eigenvalue weighted by atomic mass is 10.0. The normalized spacial score (nSPS) is 11.1. The average Bonchev–Trinajstić information content (AvgIpc) is 3.28. The van der Waals surface area contributed by atoms with Crippen LogP contribution in [0.1, 0.15) is 54.4 Å². The second kappa shape index (κ2) is 12.3.